The molecule has 0 saturated carbocycles. The Balaban J connectivity index is 3.04. The summed E-state index contributed by atoms with van der Waals surface area (Å²) >= 11 is 0. The first-order valence-electron chi connectivity index (χ1n) is 5.43. The molecular weight excluding hydrogens is 250 g/mol. The lowest BCUT2D eigenvalue weighted by Gasteiger charge is -2.19. The van der Waals surface area contributed by atoms with Crippen molar-refractivity contribution < 1.29 is 8.42 Å². The van der Waals surface area contributed by atoms with E-state index < -0.39 is 10.0 Å². The first kappa shape index (κ1) is 14.2. The van der Waals surface area contributed by atoms with Crippen LogP contribution in [0.3, 0.4) is 0 Å². The van der Waals surface area contributed by atoms with Gasteiger partial charge in [0.15, 0.2) is 0 Å². The van der Waals surface area contributed by atoms with E-state index in [0.29, 0.717) is 12.1 Å². The molecule has 0 aliphatic carbocycles. The maximum Gasteiger partial charge on any atom is 0.243 e. The molecule has 0 aliphatic rings. The predicted molar refractivity (Wildman–Crippen MR) is 65.8 cm³/mol. The number of nitriles is 2. The Kier molecular flexibility index (Phi) is 4.85. The molecule has 0 atom stereocenters. The molecule has 1 rings (SSSR count). The van der Waals surface area contributed by atoms with Crippen LogP contribution in [0.4, 0.5) is 0 Å². The molecule has 1 aromatic rings. The van der Waals surface area contributed by atoms with E-state index in [4.69, 9.17) is 10.5 Å². The Morgan fingerprint density at radius 1 is 1.22 bits per heavy atom. The van der Waals surface area contributed by atoms with Gasteiger partial charge in [0, 0.05) is 19.5 Å². The Morgan fingerprint density at radius 3 is 2.28 bits per heavy atom. The van der Waals surface area contributed by atoms with Crippen LogP contribution in [0.5, 0.6) is 0 Å². The molecule has 0 aliphatic heterocycles. The second kappa shape index (κ2) is 6.15. The van der Waals surface area contributed by atoms with Crippen molar-refractivity contribution in [3.05, 3.63) is 29.8 Å². The van der Waals surface area contributed by atoms with E-state index in [-0.39, 0.29) is 17.9 Å². The fourth-order valence-electron chi connectivity index (χ4n) is 1.47. The van der Waals surface area contributed by atoms with Gasteiger partial charge in [-0.05, 0) is 24.3 Å². The lowest BCUT2D eigenvalue weighted by molar-refractivity contribution is 0.435. The minimum Gasteiger partial charge on any atom is -0.207 e. The minimum absolute atomic E-state index is 0.140. The first-order chi connectivity index (χ1) is 8.56. The third-order valence-electron chi connectivity index (χ3n) is 2.45. The van der Waals surface area contributed by atoms with Crippen LogP contribution in [0.15, 0.2) is 29.2 Å². The number of hydrogen-bond acceptors (Lipinski definition) is 4. The second-order valence-electron chi connectivity index (χ2n) is 3.54. The summed E-state index contributed by atoms with van der Waals surface area (Å²) in [6.45, 7) is 2.21. The van der Waals surface area contributed by atoms with Gasteiger partial charge in [-0.25, -0.2) is 8.42 Å². The smallest absolute Gasteiger partial charge is 0.207 e. The topological polar surface area (TPSA) is 85.0 Å². The average molecular weight is 263 g/mol. The standard InChI is InChI=1S/C12H13N3O2S/c1-2-15(9-3-8-13)18(16,17)12-6-4-11(10-14)5-7-12/h4-7H,2-3,9H2,1H3. The SMILES string of the molecule is CCN(CCC#N)S(=O)(=O)c1ccc(C#N)cc1. The molecule has 0 aromatic heterocycles. The van der Waals surface area contributed by atoms with Crippen molar-refractivity contribution in [2.24, 2.45) is 0 Å². The molecule has 18 heavy (non-hydrogen) atoms. The van der Waals surface area contributed by atoms with Gasteiger partial charge in [-0.2, -0.15) is 14.8 Å². The van der Waals surface area contributed by atoms with E-state index in [9.17, 15) is 8.42 Å². The normalized spacial score (nSPS) is 10.9. The minimum atomic E-state index is -3.58. The van der Waals surface area contributed by atoms with Crippen molar-refractivity contribution >= 4 is 10.0 Å². The lowest BCUT2D eigenvalue weighted by atomic mass is 10.2. The van der Waals surface area contributed by atoms with Crippen LogP contribution in [0, 0.1) is 22.7 Å². The summed E-state index contributed by atoms with van der Waals surface area (Å²) in [5.41, 5.74) is 0.411. The molecule has 0 saturated heterocycles. The van der Waals surface area contributed by atoms with Crippen molar-refractivity contribution in [3.63, 3.8) is 0 Å². The highest BCUT2D eigenvalue weighted by atomic mass is 32.2. The Morgan fingerprint density at radius 2 is 1.83 bits per heavy atom. The van der Waals surface area contributed by atoms with Gasteiger partial charge < -0.3 is 0 Å². The Labute approximate surface area is 107 Å². The largest absolute Gasteiger partial charge is 0.243 e. The summed E-state index contributed by atoms with van der Waals surface area (Å²) < 4.78 is 25.7. The van der Waals surface area contributed by atoms with Crippen molar-refractivity contribution in [1.29, 1.82) is 10.5 Å². The summed E-state index contributed by atoms with van der Waals surface area (Å²) in [5, 5.41) is 17.2. The van der Waals surface area contributed by atoms with Gasteiger partial charge in [-0.3, -0.25) is 0 Å². The third-order valence-corrected chi connectivity index (χ3v) is 4.44. The van der Waals surface area contributed by atoms with Crippen LogP contribution in [0.1, 0.15) is 18.9 Å². The molecule has 0 unspecified atom stereocenters. The summed E-state index contributed by atoms with van der Waals surface area (Å²) in [5.74, 6) is 0. The van der Waals surface area contributed by atoms with Gasteiger partial charge in [-0.1, -0.05) is 6.92 Å². The van der Waals surface area contributed by atoms with Crippen molar-refractivity contribution in [3.8, 4) is 12.1 Å². The highest BCUT2D eigenvalue weighted by molar-refractivity contribution is 7.89. The van der Waals surface area contributed by atoms with Crippen molar-refractivity contribution in [2.75, 3.05) is 13.1 Å². The van der Waals surface area contributed by atoms with Crippen LogP contribution in [0.25, 0.3) is 0 Å². The highest BCUT2D eigenvalue weighted by Crippen LogP contribution is 2.16. The molecule has 94 valence electrons. The molecule has 0 N–H and O–H groups in total. The van der Waals surface area contributed by atoms with Gasteiger partial charge >= 0.3 is 0 Å². The van der Waals surface area contributed by atoms with Gasteiger partial charge in [-0.15, -0.1) is 0 Å². The maximum absolute atomic E-state index is 12.2. The summed E-state index contributed by atoms with van der Waals surface area (Å²) in [7, 11) is -3.58. The van der Waals surface area contributed by atoms with E-state index >= 15 is 0 Å². The highest BCUT2D eigenvalue weighted by Gasteiger charge is 2.22. The lowest BCUT2D eigenvalue weighted by Crippen LogP contribution is -2.31. The van der Waals surface area contributed by atoms with Crippen LogP contribution in [-0.4, -0.2) is 25.8 Å². The average Bonchev–Trinajstić information content (AvgIpc) is 2.39. The quantitative estimate of drug-likeness (QED) is 0.805. The number of rotatable bonds is 5. The number of nitrogens with zero attached hydrogens (tertiary/aromatic N) is 3. The first-order valence-corrected chi connectivity index (χ1v) is 6.87. The molecule has 0 fully saturated rings. The van der Waals surface area contributed by atoms with Crippen LogP contribution >= 0.6 is 0 Å². The monoisotopic (exact) mass is 263 g/mol. The second-order valence-corrected chi connectivity index (χ2v) is 5.48. The molecule has 6 heteroatoms. The fourth-order valence-corrected chi connectivity index (χ4v) is 2.92. The fraction of sp³-hybridized carbons (Fsp3) is 0.333. The van der Waals surface area contributed by atoms with E-state index in [1.165, 1.54) is 28.6 Å². The zero-order chi connectivity index (χ0) is 13.6. The molecule has 0 spiro atoms. The van der Waals surface area contributed by atoms with E-state index in [0.717, 1.165) is 0 Å². The zero-order valence-corrected chi connectivity index (χ0v) is 10.8. The van der Waals surface area contributed by atoms with Gasteiger partial charge in [0.1, 0.15) is 0 Å². The molecule has 0 amide bonds. The van der Waals surface area contributed by atoms with Crippen LogP contribution < -0.4 is 0 Å². The maximum atomic E-state index is 12.2. The summed E-state index contributed by atoms with van der Waals surface area (Å²) in [4.78, 5) is 0.140. The van der Waals surface area contributed by atoms with E-state index in [2.05, 4.69) is 0 Å². The van der Waals surface area contributed by atoms with Crippen LogP contribution in [-0.2, 0) is 10.0 Å². The molecule has 1 aromatic carbocycles. The van der Waals surface area contributed by atoms with Crippen molar-refractivity contribution in [2.45, 2.75) is 18.2 Å². The number of hydrogen-bond donors (Lipinski definition) is 0. The van der Waals surface area contributed by atoms with E-state index in [1.54, 1.807) is 6.92 Å². The van der Waals surface area contributed by atoms with Gasteiger partial charge in [0.05, 0.1) is 22.6 Å². The summed E-state index contributed by atoms with van der Waals surface area (Å²) in [6.07, 6.45) is 0.156. The van der Waals surface area contributed by atoms with E-state index in [1.807, 2.05) is 12.1 Å². The van der Waals surface area contributed by atoms with Crippen LogP contribution in [0.2, 0.25) is 0 Å². The third kappa shape index (κ3) is 3.07. The molecule has 5 nitrogen and oxygen atoms in total. The van der Waals surface area contributed by atoms with Gasteiger partial charge in [0.2, 0.25) is 10.0 Å². The Hall–Kier alpha value is -1.89. The van der Waals surface area contributed by atoms with Crippen molar-refractivity contribution in [1.82, 2.24) is 4.31 Å². The van der Waals surface area contributed by atoms with Gasteiger partial charge in [0.25, 0.3) is 0 Å². The number of benzene rings is 1. The zero-order valence-electron chi connectivity index (χ0n) is 10.00. The predicted octanol–water partition coefficient (Wildman–Crippen LogP) is 1.48. The summed E-state index contributed by atoms with van der Waals surface area (Å²) in [6, 6.07) is 9.59. The number of sulfonamides is 1. The molecule has 0 bridgehead atoms. The molecule has 0 heterocycles. The molecule has 0 radical (unpaired) electrons. The Bertz CT molecular complexity index is 579. The molecular formula is C12H13N3O2S.